The molecule has 0 aromatic heterocycles. The third-order valence-electron chi connectivity index (χ3n) is 3.19. The fraction of sp³-hybridized carbons (Fsp3) is 0.235. The van der Waals surface area contributed by atoms with Crippen LogP contribution in [0.1, 0.15) is 11.1 Å². The van der Waals surface area contributed by atoms with Gasteiger partial charge in [0.1, 0.15) is 5.75 Å². The summed E-state index contributed by atoms with van der Waals surface area (Å²) in [5, 5.41) is 2.94. The molecule has 0 unspecified atom stereocenters. The zero-order valence-corrected chi connectivity index (χ0v) is 13.5. The van der Waals surface area contributed by atoms with E-state index in [1.165, 1.54) is 0 Å². The number of rotatable bonds is 6. The largest absolute Gasteiger partial charge is 0.496 e. The molecule has 4 heteroatoms. The number of para-hydroxylation sites is 1. The average molecular weight is 348 g/mol. The summed E-state index contributed by atoms with van der Waals surface area (Å²) in [7, 11) is 1.66. The summed E-state index contributed by atoms with van der Waals surface area (Å²) in [6, 6.07) is 15.6. The van der Waals surface area contributed by atoms with Crippen LogP contribution in [-0.2, 0) is 17.6 Å². The molecule has 1 N–H and O–H groups in total. The predicted molar refractivity (Wildman–Crippen MR) is 87.6 cm³/mol. The molecule has 0 aliphatic carbocycles. The third kappa shape index (κ3) is 4.90. The van der Waals surface area contributed by atoms with Crippen molar-refractivity contribution in [3.8, 4) is 5.75 Å². The van der Waals surface area contributed by atoms with Gasteiger partial charge in [-0.25, -0.2) is 0 Å². The van der Waals surface area contributed by atoms with Crippen molar-refractivity contribution in [3.63, 3.8) is 0 Å². The summed E-state index contributed by atoms with van der Waals surface area (Å²) < 4.78 is 6.31. The number of amides is 1. The number of halogens is 1. The molecule has 0 heterocycles. The second-order valence-electron chi connectivity index (χ2n) is 4.72. The molecule has 1 amide bonds. The maximum atomic E-state index is 11.9. The topological polar surface area (TPSA) is 38.3 Å². The van der Waals surface area contributed by atoms with Crippen LogP contribution >= 0.6 is 15.9 Å². The highest BCUT2D eigenvalue weighted by atomic mass is 79.9. The van der Waals surface area contributed by atoms with Gasteiger partial charge >= 0.3 is 0 Å². The maximum absolute atomic E-state index is 11.9. The van der Waals surface area contributed by atoms with Gasteiger partial charge in [0.2, 0.25) is 5.91 Å². The zero-order chi connectivity index (χ0) is 15.1. The van der Waals surface area contributed by atoms with Crippen LogP contribution in [0.2, 0.25) is 0 Å². The Kier molecular flexibility index (Phi) is 5.81. The van der Waals surface area contributed by atoms with Gasteiger partial charge in [-0.1, -0.05) is 46.3 Å². The number of hydrogen-bond donors (Lipinski definition) is 1. The van der Waals surface area contributed by atoms with E-state index in [1.807, 2.05) is 48.5 Å². The minimum absolute atomic E-state index is 0.0345. The second-order valence-corrected chi connectivity index (χ2v) is 5.63. The summed E-state index contributed by atoms with van der Waals surface area (Å²) in [6.07, 6.45) is 1.16. The Hall–Kier alpha value is -1.81. The number of methoxy groups -OCH3 is 1. The van der Waals surface area contributed by atoms with Crippen LogP contribution in [0.4, 0.5) is 0 Å². The Morgan fingerprint density at radius 3 is 2.57 bits per heavy atom. The highest BCUT2D eigenvalue weighted by Crippen LogP contribution is 2.17. The molecule has 0 aliphatic heterocycles. The van der Waals surface area contributed by atoms with Crippen LogP contribution in [0.5, 0.6) is 5.75 Å². The van der Waals surface area contributed by atoms with Crippen molar-refractivity contribution < 1.29 is 9.53 Å². The van der Waals surface area contributed by atoms with Crippen molar-refractivity contribution >= 4 is 21.8 Å². The van der Waals surface area contributed by atoms with Crippen molar-refractivity contribution in [2.45, 2.75) is 12.8 Å². The van der Waals surface area contributed by atoms with Gasteiger partial charge in [-0.15, -0.1) is 0 Å². The quantitative estimate of drug-likeness (QED) is 0.869. The van der Waals surface area contributed by atoms with E-state index in [2.05, 4.69) is 21.2 Å². The van der Waals surface area contributed by atoms with Gasteiger partial charge in [-0.05, 0) is 35.7 Å². The smallest absolute Gasteiger partial charge is 0.224 e. The molecule has 0 aliphatic rings. The van der Waals surface area contributed by atoms with Crippen LogP contribution in [0, 0.1) is 0 Å². The maximum Gasteiger partial charge on any atom is 0.224 e. The van der Waals surface area contributed by atoms with Crippen molar-refractivity contribution in [2.24, 2.45) is 0 Å². The normalized spacial score (nSPS) is 10.2. The lowest BCUT2D eigenvalue weighted by atomic mass is 10.1. The lowest BCUT2D eigenvalue weighted by molar-refractivity contribution is -0.120. The molecule has 0 saturated carbocycles. The van der Waals surface area contributed by atoms with Crippen LogP contribution in [0.25, 0.3) is 0 Å². The number of nitrogens with one attached hydrogen (secondary N) is 1. The first kappa shape index (κ1) is 15.6. The van der Waals surface area contributed by atoms with Gasteiger partial charge in [0, 0.05) is 11.0 Å². The Labute approximate surface area is 133 Å². The van der Waals surface area contributed by atoms with Gasteiger partial charge in [0.25, 0.3) is 0 Å². The molecule has 0 spiro atoms. The third-order valence-corrected chi connectivity index (χ3v) is 3.72. The number of hydrogen-bond acceptors (Lipinski definition) is 2. The van der Waals surface area contributed by atoms with Gasteiger partial charge in [0.15, 0.2) is 0 Å². The summed E-state index contributed by atoms with van der Waals surface area (Å²) in [5.74, 6) is 0.895. The van der Waals surface area contributed by atoms with Crippen molar-refractivity contribution in [1.82, 2.24) is 5.32 Å². The molecule has 0 radical (unpaired) electrons. The fourth-order valence-electron chi connectivity index (χ4n) is 2.10. The Bertz CT molecular complexity index is 596. The summed E-state index contributed by atoms with van der Waals surface area (Å²) >= 11 is 3.38. The first-order valence-electron chi connectivity index (χ1n) is 6.82. The van der Waals surface area contributed by atoms with Crippen LogP contribution in [0.15, 0.2) is 53.0 Å². The van der Waals surface area contributed by atoms with Crippen LogP contribution < -0.4 is 10.1 Å². The lowest BCUT2D eigenvalue weighted by Gasteiger charge is -2.09. The standard InChI is InChI=1S/C17H18BrNO2/c1-21-16-5-3-2-4-14(16)10-11-19-17(20)12-13-6-8-15(18)9-7-13/h2-9H,10-12H2,1H3,(H,19,20). The van der Waals surface area contributed by atoms with E-state index in [-0.39, 0.29) is 5.91 Å². The first-order chi connectivity index (χ1) is 10.2. The fourth-order valence-corrected chi connectivity index (χ4v) is 2.36. The van der Waals surface area contributed by atoms with Gasteiger partial charge in [-0.2, -0.15) is 0 Å². The molecule has 0 bridgehead atoms. The molecule has 2 rings (SSSR count). The van der Waals surface area contributed by atoms with Crippen LogP contribution in [0.3, 0.4) is 0 Å². The molecule has 0 fully saturated rings. The molecule has 21 heavy (non-hydrogen) atoms. The average Bonchev–Trinajstić information content (AvgIpc) is 2.50. The van der Waals surface area contributed by atoms with E-state index < -0.39 is 0 Å². The first-order valence-corrected chi connectivity index (χ1v) is 7.61. The minimum Gasteiger partial charge on any atom is -0.496 e. The van der Waals surface area contributed by atoms with E-state index in [0.717, 1.165) is 27.8 Å². The Morgan fingerprint density at radius 1 is 1.14 bits per heavy atom. The van der Waals surface area contributed by atoms with E-state index in [1.54, 1.807) is 7.11 Å². The highest BCUT2D eigenvalue weighted by Gasteiger charge is 2.05. The second kappa shape index (κ2) is 7.84. The van der Waals surface area contributed by atoms with Gasteiger partial charge in [0.05, 0.1) is 13.5 Å². The summed E-state index contributed by atoms with van der Waals surface area (Å²) in [4.78, 5) is 11.9. The Morgan fingerprint density at radius 2 is 1.86 bits per heavy atom. The lowest BCUT2D eigenvalue weighted by Crippen LogP contribution is -2.27. The molecule has 2 aromatic carbocycles. The summed E-state index contributed by atoms with van der Waals surface area (Å²) in [6.45, 7) is 0.607. The Balaban J connectivity index is 1.80. The summed E-state index contributed by atoms with van der Waals surface area (Å²) in [5.41, 5.74) is 2.11. The molecule has 0 saturated heterocycles. The van der Waals surface area contributed by atoms with Crippen molar-refractivity contribution in [3.05, 3.63) is 64.1 Å². The minimum atomic E-state index is 0.0345. The van der Waals surface area contributed by atoms with E-state index >= 15 is 0 Å². The zero-order valence-electron chi connectivity index (χ0n) is 11.9. The van der Waals surface area contributed by atoms with Crippen molar-refractivity contribution in [1.29, 1.82) is 0 Å². The molecule has 0 atom stereocenters. The van der Waals surface area contributed by atoms with E-state index in [0.29, 0.717) is 13.0 Å². The van der Waals surface area contributed by atoms with Gasteiger partial charge in [-0.3, -0.25) is 4.79 Å². The molecule has 3 nitrogen and oxygen atoms in total. The van der Waals surface area contributed by atoms with Crippen LogP contribution in [-0.4, -0.2) is 19.6 Å². The van der Waals surface area contributed by atoms with E-state index in [4.69, 9.17) is 4.74 Å². The van der Waals surface area contributed by atoms with Gasteiger partial charge < -0.3 is 10.1 Å². The van der Waals surface area contributed by atoms with E-state index in [9.17, 15) is 4.79 Å². The number of benzene rings is 2. The molecular weight excluding hydrogens is 330 g/mol. The predicted octanol–water partition coefficient (Wildman–Crippen LogP) is 3.36. The number of carbonyl (C=O) groups is 1. The SMILES string of the molecule is COc1ccccc1CCNC(=O)Cc1ccc(Br)cc1. The number of carbonyl (C=O) groups excluding carboxylic acids is 1. The molecule has 110 valence electrons. The van der Waals surface area contributed by atoms with Crippen molar-refractivity contribution in [2.75, 3.05) is 13.7 Å². The molecular formula is C17H18BrNO2. The number of ether oxygens (including phenoxy) is 1. The monoisotopic (exact) mass is 347 g/mol. The molecule has 2 aromatic rings. The highest BCUT2D eigenvalue weighted by molar-refractivity contribution is 9.10.